The van der Waals surface area contributed by atoms with Crippen LogP contribution in [0, 0.1) is 5.82 Å². The molecule has 0 fully saturated rings. The van der Waals surface area contributed by atoms with Gasteiger partial charge in [0.25, 0.3) is 5.91 Å². The molecule has 0 atom stereocenters. The van der Waals surface area contributed by atoms with Gasteiger partial charge in [-0.2, -0.15) is 0 Å². The number of rotatable bonds is 2. The summed E-state index contributed by atoms with van der Waals surface area (Å²) in [6.07, 6.45) is 3.01. The van der Waals surface area contributed by atoms with Gasteiger partial charge in [0, 0.05) is 16.9 Å². The minimum atomic E-state index is -0.479. The molecule has 1 aromatic heterocycles. The number of carbonyl (C=O) groups is 1. The van der Waals surface area contributed by atoms with Crippen molar-refractivity contribution in [3.8, 4) is 0 Å². The number of carbonyl (C=O) groups excluding carboxylic acids is 1. The zero-order chi connectivity index (χ0) is 12.3. The van der Waals surface area contributed by atoms with E-state index in [1.165, 1.54) is 24.5 Å². The summed E-state index contributed by atoms with van der Waals surface area (Å²) in [5.74, 6) is -0.774. The summed E-state index contributed by atoms with van der Waals surface area (Å²) in [4.78, 5) is 19.5. The minimum absolute atomic E-state index is 0.175. The lowest BCUT2D eigenvalue weighted by Crippen LogP contribution is -2.14. The van der Waals surface area contributed by atoms with E-state index in [1.54, 1.807) is 6.07 Å². The fourth-order valence-electron chi connectivity index (χ4n) is 1.20. The van der Waals surface area contributed by atoms with Crippen molar-refractivity contribution < 1.29 is 9.18 Å². The third-order valence-electron chi connectivity index (χ3n) is 1.96. The Morgan fingerprint density at radius 3 is 2.71 bits per heavy atom. The van der Waals surface area contributed by atoms with Gasteiger partial charge in [0.15, 0.2) is 0 Å². The molecule has 0 aliphatic rings. The third kappa shape index (κ3) is 2.85. The predicted molar refractivity (Wildman–Crippen MR) is 64.1 cm³/mol. The van der Waals surface area contributed by atoms with Gasteiger partial charge in [-0.25, -0.2) is 14.4 Å². The van der Waals surface area contributed by atoms with Crippen LogP contribution in [0.15, 0.2) is 41.1 Å². The molecule has 1 aromatic carbocycles. The van der Waals surface area contributed by atoms with Crippen LogP contribution in [-0.2, 0) is 0 Å². The number of nitrogens with one attached hydrogen (secondary N) is 1. The Bertz CT molecular complexity index is 548. The lowest BCUT2D eigenvalue weighted by molar-refractivity contribution is 0.102. The molecule has 1 heterocycles. The first-order valence-corrected chi connectivity index (χ1v) is 5.49. The van der Waals surface area contributed by atoms with Gasteiger partial charge in [0.05, 0.1) is 5.56 Å². The standard InChI is InChI=1S/C11H7BrFN3O/c12-9-3-2-7(13)6-8(9)10(17)16-11-14-4-1-5-15-11/h1-6H,(H,14,15,16,17). The molecule has 2 aromatic rings. The molecule has 0 aliphatic heterocycles. The quantitative estimate of drug-likeness (QED) is 0.927. The minimum Gasteiger partial charge on any atom is -0.290 e. The highest BCUT2D eigenvalue weighted by molar-refractivity contribution is 9.10. The maximum Gasteiger partial charge on any atom is 0.259 e. The summed E-state index contributed by atoms with van der Waals surface area (Å²) in [6, 6.07) is 5.51. The van der Waals surface area contributed by atoms with Crippen molar-refractivity contribution in [2.45, 2.75) is 0 Å². The van der Waals surface area contributed by atoms with E-state index in [0.29, 0.717) is 4.47 Å². The summed E-state index contributed by atoms with van der Waals surface area (Å²) in [7, 11) is 0. The van der Waals surface area contributed by atoms with Crippen LogP contribution < -0.4 is 5.32 Å². The van der Waals surface area contributed by atoms with E-state index in [2.05, 4.69) is 31.2 Å². The van der Waals surface area contributed by atoms with Crippen molar-refractivity contribution >= 4 is 27.8 Å². The number of benzene rings is 1. The van der Waals surface area contributed by atoms with Gasteiger partial charge in [-0.15, -0.1) is 0 Å². The van der Waals surface area contributed by atoms with Crippen LogP contribution >= 0.6 is 15.9 Å². The zero-order valence-corrected chi connectivity index (χ0v) is 10.1. The SMILES string of the molecule is O=C(Nc1ncccn1)c1cc(F)ccc1Br. The van der Waals surface area contributed by atoms with Crippen LogP contribution in [0.1, 0.15) is 10.4 Å². The van der Waals surface area contributed by atoms with Crippen LogP contribution in [0.25, 0.3) is 0 Å². The van der Waals surface area contributed by atoms with Crippen LogP contribution in [0.5, 0.6) is 0 Å². The molecule has 0 bridgehead atoms. The maximum absolute atomic E-state index is 13.0. The molecule has 86 valence electrons. The molecule has 0 radical (unpaired) electrons. The summed E-state index contributed by atoms with van der Waals surface area (Å²) in [5, 5.41) is 2.47. The third-order valence-corrected chi connectivity index (χ3v) is 2.66. The molecule has 0 saturated carbocycles. The number of hydrogen-bond acceptors (Lipinski definition) is 3. The number of anilines is 1. The summed E-state index contributed by atoms with van der Waals surface area (Å²) < 4.78 is 13.5. The molecular weight excluding hydrogens is 289 g/mol. The van der Waals surface area contributed by atoms with E-state index < -0.39 is 11.7 Å². The lowest BCUT2D eigenvalue weighted by atomic mass is 10.2. The average molecular weight is 296 g/mol. The molecule has 1 N–H and O–H groups in total. The van der Waals surface area contributed by atoms with Crippen LogP contribution in [0.4, 0.5) is 10.3 Å². The molecule has 17 heavy (non-hydrogen) atoms. The maximum atomic E-state index is 13.0. The van der Waals surface area contributed by atoms with Crippen molar-refractivity contribution in [2.75, 3.05) is 5.32 Å². The number of halogens is 2. The highest BCUT2D eigenvalue weighted by Gasteiger charge is 2.12. The summed E-state index contributed by atoms with van der Waals surface area (Å²) >= 11 is 3.18. The Balaban J connectivity index is 2.23. The fraction of sp³-hybridized carbons (Fsp3) is 0. The van der Waals surface area contributed by atoms with Crippen molar-refractivity contribution in [1.82, 2.24) is 9.97 Å². The Hall–Kier alpha value is -1.82. The molecule has 6 heteroatoms. The van der Waals surface area contributed by atoms with E-state index in [0.717, 1.165) is 6.07 Å². The van der Waals surface area contributed by atoms with Gasteiger partial charge in [-0.3, -0.25) is 10.1 Å². The van der Waals surface area contributed by atoms with Crippen molar-refractivity contribution in [2.24, 2.45) is 0 Å². The number of nitrogens with zero attached hydrogens (tertiary/aromatic N) is 2. The molecule has 0 unspecified atom stereocenters. The molecule has 0 spiro atoms. The second kappa shape index (κ2) is 5.01. The van der Waals surface area contributed by atoms with Crippen molar-refractivity contribution in [3.63, 3.8) is 0 Å². The van der Waals surface area contributed by atoms with Crippen molar-refractivity contribution in [1.29, 1.82) is 0 Å². The normalized spacial score (nSPS) is 10.0. The predicted octanol–water partition coefficient (Wildman–Crippen LogP) is 2.63. The Morgan fingerprint density at radius 1 is 1.29 bits per heavy atom. The first-order valence-electron chi connectivity index (χ1n) is 4.70. The Kier molecular flexibility index (Phi) is 3.43. The van der Waals surface area contributed by atoms with E-state index in [-0.39, 0.29) is 11.5 Å². The number of aromatic nitrogens is 2. The first kappa shape index (κ1) is 11.7. The van der Waals surface area contributed by atoms with E-state index in [1.807, 2.05) is 0 Å². The molecule has 0 saturated heterocycles. The molecular formula is C11H7BrFN3O. The highest BCUT2D eigenvalue weighted by atomic mass is 79.9. The largest absolute Gasteiger partial charge is 0.290 e. The smallest absolute Gasteiger partial charge is 0.259 e. The van der Waals surface area contributed by atoms with Gasteiger partial charge in [-0.05, 0) is 40.2 Å². The summed E-state index contributed by atoms with van der Waals surface area (Å²) in [6.45, 7) is 0. The topological polar surface area (TPSA) is 54.9 Å². The van der Waals surface area contributed by atoms with Gasteiger partial charge in [0.2, 0.25) is 5.95 Å². The van der Waals surface area contributed by atoms with Gasteiger partial charge in [0.1, 0.15) is 5.82 Å². The highest BCUT2D eigenvalue weighted by Crippen LogP contribution is 2.18. The van der Waals surface area contributed by atoms with Gasteiger partial charge < -0.3 is 0 Å². The average Bonchev–Trinajstić information content (AvgIpc) is 2.33. The van der Waals surface area contributed by atoms with E-state index >= 15 is 0 Å². The first-order chi connectivity index (χ1) is 8.16. The molecule has 2 rings (SSSR count). The zero-order valence-electron chi connectivity index (χ0n) is 8.52. The molecule has 4 nitrogen and oxygen atoms in total. The summed E-state index contributed by atoms with van der Waals surface area (Å²) in [5.41, 5.74) is 0.192. The van der Waals surface area contributed by atoms with Crippen LogP contribution in [-0.4, -0.2) is 15.9 Å². The van der Waals surface area contributed by atoms with E-state index in [9.17, 15) is 9.18 Å². The van der Waals surface area contributed by atoms with Crippen molar-refractivity contribution in [3.05, 3.63) is 52.5 Å². The van der Waals surface area contributed by atoms with Crippen LogP contribution in [0.3, 0.4) is 0 Å². The Labute approximate surface area is 105 Å². The second-order valence-electron chi connectivity index (χ2n) is 3.15. The number of hydrogen-bond donors (Lipinski definition) is 1. The second-order valence-corrected chi connectivity index (χ2v) is 4.01. The Morgan fingerprint density at radius 2 is 2.00 bits per heavy atom. The number of amides is 1. The molecule has 0 aliphatic carbocycles. The molecule has 1 amide bonds. The van der Waals surface area contributed by atoms with Gasteiger partial charge in [-0.1, -0.05) is 0 Å². The fourth-order valence-corrected chi connectivity index (χ4v) is 1.63. The van der Waals surface area contributed by atoms with Crippen LogP contribution in [0.2, 0.25) is 0 Å². The monoisotopic (exact) mass is 295 g/mol. The van der Waals surface area contributed by atoms with Gasteiger partial charge >= 0.3 is 0 Å². The lowest BCUT2D eigenvalue weighted by Gasteiger charge is -2.05. The van der Waals surface area contributed by atoms with E-state index in [4.69, 9.17) is 0 Å².